The van der Waals surface area contributed by atoms with E-state index < -0.39 is 6.10 Å². The molecule has 2 aromatic rings. The van der Waals surface area contributed by atoms with Gasteiger partial charge in [-0.3, -0.25) is 0 Å². The van der Waals surface area contributed by atoms with Crippen LogP contribution in [0.1, 0.15) is 28.4 Å². The Morgan fingerprint density at radius 1 is 1.14 bits per heavy atom. The SMILES string of the molecule is COc1cccc(C(O)CNCc2cc(C)c(C)cc2O)c1. The number of nitrogens with one attached hydrogen (secondary N) is 1. The third-order valence-corrected chi connectivity index (χ3v) is 3.83. The van der Waals surface area contributed by atoms with Gasteiger partial charge in [-0.15, -0.1) is 0 Å². The van der Waals surface area contributed by atoms with E-state index in [4.69, 9.17) is 4.74 Å². The van der Waals surface area contributed by atoms with Gasteiger partial charge >= 0.3 is 0 Å². The summed E-state index contributed by atoms with van der Waals surface area (Å²) in [5, 5.41) is 23.3. The summed E-state index contributed by atoms with van der Waals surface area (Å²) in [6, 6.07) is 11.1. The topological polar surface area (TPSA) is 61.7 Å². The lowest BCUT2D eigenvalue weighted by Gasteiger charge is -2.14. The number of phenolic OH excluding ortho intramolecular Hbond substituents is 1. The van der Waals surface area contributed by atoms with E-state index in [1.807, 2.05) is 44.2 Å². The zero-order valence-electron chi connectivity index (χ0n) is 13.3. The van der Waals surface area contributed by atoms with Gasteiger partial charge in [-0.25, -0.2) is 0 Å². The minimum Gasteiger partial charge on any atom is -0.508 e. The Morgan fingerprint density at radius 3 is 2.59 bits per heavy atom. The van der Waals surface area contributed by atoms with Gasteiger partial charge < -0.3 is 20.3 Å². The Labute approximate surface area is 131 Å². The summed E-state index contributed by atoms with van der Waals surface area (Å²) in [5.41, 5.74) is 3.85. The van der Waals surface area contributed by atoms with Crippen LogP contribution in [0.5, 0.6) is 11.5 Å². The number of rotatable bonds is 6. The van der Waals surface area contributed by atoms with Gasteiger partial charge in [0.05, 0.1) is 13.2 Å². The van der Waals surface area contributed by atoms with Crippen LogP contribution in [0.15, 0.2) is 36.4 Å². The number of aryl methyl sites for hydroxylation is 2. The Bertz CT molecular complexity index is 640. The normalized spacial score (nSPS) is 12.2. The standard InChI is InChI=1S/C18H23NO3/c1-12-7-15(17(20)8-13(12)2)10-19-11-18(21)14-5-4-6-16(9-14)22-3/h4-9,18-21H,10-11H2,1-3H3. The Balaban J connectivity index is 1.94. The van der Waals surface area contributed by atoms with E-state index in [1.165, 1.54) is 0 Å². The van der Waals surface area contributed by atoms with E-state index in [2.05, 4.69) is 5.32 Å². The lowest BCUT2D eigenvalue weighted by atomic mass is 10.0. The molecule has 2 rings (SSSR count). The van der Waals surface area contributed by atoms with Crippen LogP contribution in [-0.2, 0) is 6.54 Å². The predicted molar refractivity (Wildman–Crippen MR) is 87.2 cm³/mol. The maximum atomic E-state index is 10.2. The lowest BCUT2D eigenvalue weighted by Crippen LogP contribution is -2.21. The first-order chi connectivity index (χ1) is 10.5. The highest BCUT2D eigenvalue weighted by Gasteiger charge is 2.09. The summed E-state index contributed by atoms with van der Waals surface area (Å²) >= 11 is 0. The number of phenols is 1. The third kappa shape index (κ3) is 4.00. The Morgan fingerprint density at radius 2 is 1.86 bits per heavy atom. The molecule has 0 radical (unpaired) electrons. The Kier molecular flexibility index (Phi) is 5.41. The predicted octanol–water partition coefficient (Wildman–Crippen LogP) is 2.84. The minimum atomic E-state index is -0.621. The molecule has 4 nitrogen and oxygen atoms in total. The van der Waals surface area contributed by atoms with E-state index in [0.29, 0.717) is 13.1 Å². The Hall–Kier alpha value is -2.04. The van der Waals surface area contributed by atoms with Crippen LogP contribution in [0.2, 0.25) is 0 Å². The highest BCUT2D eigenvalue weighted by atomic mass is 16.5. The largest absolute Gasteiger partial charge is 0.508 e. The molecule has 0 fully saturated rings. The van der Waals surface area contributed by atoms with E-state index in [9.17, 15) is 10.2 Å². The first-order valence-electron chi connectivity index (χ1n) is 7.33. The van der Waals surface area contributed by atoms with Crippen LogP contribution in [0, 0.1) is 13.8 Å². The van der Waals surface area contributed by atoms with Gasteiger partial charge in [0.1, 0.15) is 11.5 Å². The molecule has 0 saturated heterocycles. The molecular formula is C18H23NO3. The molecule has 0 aliphatic heterocycles. The van der Waals surface area contributed by atoms with Crippen LogP contribution in [0.4, 0.5) is 0 Å². The van der Waals surface area contributed by atoms with E-state index in [1.54, 1.807) is 13.2 Å². The first kappa shape index (κ1) is 16.3. The van der Waals surface area contributed by atoms with Crippen LogP contribution in [0.25, 0.3) is 0 Å². The molecule has 118 valence electrons. The number of aromatic hydroxyl groups is 1. The number of methoxy groups -OCH3 is 1. The fourth-order valence-electron chi connectivity index (χ4n) is 2.31. The van der Waals surface area contributed by atoms with Crippen LogP contribution < -0.4 is 10.1 Å². The van der Waals surface area contributed by atoms with Crippen molar-refractivity contribution in [3.63, 3.8) is 0 Å². The van der Waals surface area contributed by atoms with Crippen molar-refractivity contribution < 1.29 is 14.9 Å². The quantitative estimate of drug-likeness (QED) is 0.768. The maximum Gasteiger partial charge on any atom is 0.120 e. The van der Waals surface area contributed by atoms with Crippen molar-refractivity contribution in [1.82, 2.24) is 5.32 Å². The van der Waals surface area contributed by atoms with Gasteiger partial charge in [-0.05, 0) is 48.7 Å². The number of aliphatic hydroxyl groups is 1. The summed E-state index contributed by atoms with van der Waals surface area (Å²) in [7, 11) is 1.60. The molecule has 0 spiro atoms. The summed E-state index contributed by atoms with van der Waals surface area (Å²) in [6.45, 7) is 4.90. The average Bonchev–Trinajstić information content (AvgIpc) is 2.52. The van der Waals surface area contributed by atoms with Crippen molar-refractivity contribution in [2.24, 2.45) is 0 Å². The molecule has 0 aliphatic carbocycles. The molecule has 1 atom stereocenters. The second-order valence-corrected chi connectivity index (χ2v) is 5.49. The van der Waals surface area contributed by atoms with Gasteiger partial charge in [-0.2, -0.15) is 0 Å². The molecule has 0 aliphatic rings. The maximum absolute atomic E-state index is 10.2. The fraction of sp³-hybridized carbons (Fsp3) is 0.333. The molecule has 3 N–H and O–H groups in total. The van der Waals surface area contributed by atoms with Crippen molar-refractivity contribution in [3.8, 4) is 11.5 Å². The monoisotopic (exact) mass is 301 g/mol. The first-order valence-corrected chi connectivity index (χ1v) is 7.33. The molecule has 1 unspecified atom stereocenters. The lowest BCUT2D eigenvalue weighted by molar-refractivity contribution is 0.174. The molecule has 0 heterocycles. The van der Waals surface area contributed by atoms with Gasteiger partial charge in [0.25, 0.3) is 0 Å². The van der Waals surface area contributed by atoms with E-state index in [-0.39, 0.29) is 5.75 Å². The third-order valence-electron chi connectivity index (χ3n) is 3.83. The molecule has 2 aromatic carbocycles. The summed E-state index contributed by atoms with van der Waals surface area (Å²) < 4.78 is 5.15. The molecule has 22 heavy (non-hydrogen) atoms. The van der Waals surface area contributed by atoms with Gasteiger partial charge in [0, 0.05) is 18.7 Å². The second kappa shape index (κ2) is 7.29. The van der Waals surface area contributed by atoms with Crippen molar-refractivity contribution in [2.45, 2.75) is 26.5 Å². The number of ether oxygens (including phenoxy) is 1. The highest BCUT2D eigenvalue weighted by Crippen LogP contribution is 2.22. The molecule has 0 saturated carbocycles. The number of benzene rings is 2. The summed E-state index contributed by atoms with van der Waals surface area (Å²) in [4.78, 5) is 0. The zero-order chi connectivity index (χ0) is 16.1. The van der Waals surface area contributed by atoms with Crippen LogP contribution >= 0.6 is 0 Å². The van der Waals surface area contributed by atoms with Crippen LogP contribution in [0.3, 0.4) is 0 Å². The zero-order valence-corrected chi connectivity index (χ0v) is 13.3. The molecule has 0 aromatic heterocycles. The summed E-state index contributed by atoms with van der Waals surface area (Å²) in [6.07, 6.45) is -0.621. The summed E-state index contributed by atoms with van der Waals surface area (Å²) in [5.74, 6) is 1.01. The highest BCUT2D eigenvalue weighted by molar-refractivity contribution is 5.40. The minimum absolute atomic E-state index is 0.284. The van der Waals surface area contributed by atoms with E-state index >= 15 is 0 Å². The van der Waals surface area contributed by atoms with Crippen molar-refractivity contribution in [1.29, 1.82) is 0 Å². The van der Waals surface area contributed by atoms with Crippen LogP contribution in [-0.4, -0.2) is 23.9 Å². The molecule has 0 amide bonds. The van der Waals surface area contributed by atoms with E-state index in [0.717, 1.165) is 28.0 Å². The number of hydrogen-bond acceptors (Lipinski definition) is 4. The number of aliphatic hydroxyl groups excluding tert-OH is 1. The molecule has 0 bridgehead atoms. The van der Waals surface area contributed by atoms with Crippen molar-refractivity contribution in [2.75, 3.05) is 13.7 Å². The van der Waals surface area contributed by atoms with Gasteiger partial charge in [0.2, 0.25) is 0 Å². The average molecular weight is 301 g/mol. The molecule has 4 heteroatoms. The number of hydrogen-bond donors (Lipinski definition) is 3. The molecular weight excluding hydrogens is 278 g/mol. The smallest absolute Gasteiger partial charge is 0.120 e. The van der Waals surface area contributed by atoms with Gasteiger partial charge in [0.15, 0.2) is 0 Å². The second-order valence-electron chi connectivity index (χ2n) is 5.49. The van der Waals surface area contributed by atoms with Crippen molar-refractivity contribution in [3.05, 3.63) is 58.7 Å². The van der Waals surface area contributed by atoms with Gasteiger partial charge in [-0.1, -0.05) is 18.2 Å². The fourth-order valence-corrected chi connectivity index (χ4v) is 2.31. The van der Waals surface area contributed by atoms with Crippen molar-refractivity contribution >= 4 is 0 Å².